The molecule has 94 valence electrons. The molecule has 0 radical (unpaired) electrons. The third kappa shape index (κ3) is 2.66. The number of pyridine rings is 1. The highest BCUT2D eigenvalue weighted by molar-refractivity contribution is 5.51. The molecule has 0 amide bonds. The summed E-state index contributed by atoms with van der Waals surface area (Å²) in [6.07, 6.45) is 1.45. The van der Waals surface area contributed by atoms with E-state index in [9.17, 15) is 10.1 Å². The van der Waals surface area contributed by atoms with Crippen molar-refractivity contribution in [2.45, 2.75) is 6.92 Å². The highest BCUT2D eigenvalue weighted by Crippen LogP contribution is 2.32. The lowest BCUT2D eigenvalue weighted by Crippen LogP contribution is -1.96. The van der Waals surface area contributed by atoms with Crippen LogP contribution in [0.4, 0.5) is 5.69 Å². The van der Waals surface area contributed by atoms with Gasteiger partial charge in [0.15, 0.2) is 11.4 Å². The van der Waals surface area contributed by atoms with E-state index in [0.29, 0.717) is 0 Å². The van der Waals surface area contributed by atoms with Crippen molar-refractivity contribution in [1.82, 2.24) is 4.98 Å². The standard InChI is InChI=1S/C13H9N3O3/c1-9-4-5-13(11(7-9)16(17)18)19-12-3-2-6-15-10(12)8-14/h2-7H,1H3. The van der Waals surface area contributed by atoms with Gasteiger partial charge in [0.05, 0.1) is 4.92 Å². The van der Waals surface area contributed by atoms with E-state index >= 15 is 0 Å². The van der Waals surface area contributed by atoms with Crippen molar-refractivity contribution in [3.63, 3.8) is 0 Å². The second-order valence-electron chi connectivity index (χ2n) is 3.79. The summed E-state index contributed by atoms with van der Waals surface area (Å²) in [4.78, 5) is 14.3. The quantitative estimate of drug-likeness (QED) is 0.621. The first-order valence-electron chi connectivity index (χ1n) is 5.40. The lowest BCUT2D eigenvalue weighted by molar-refractivity contribution is -0.385. The molecule has 2 aromatic rings. The monoisotopic (exact) mass is 255 g/mol. The van der Waals surface area contributed by atoms with Crippen molar-refractivity contribution in [3.05, 3.63) is 57.9 Å². The summed E-state index contributed by atoms with van der Waals surface area (Å²) < 4.78 is 5.42. The first-order chi connectivity index (χ1) is 9.11. The number of nitrogens with zero attached hydrogens (tertiary/aromatic N) is 3. The normalized spacial score (nSPS) is 9.68. The highest BCUT2D eigenvalue weighted by Gasteiger charge is 2.17. The Hall–Kier alpha value is -2.94. The fourth-order valence-electron chi connectivity index (χ4n) is 1.53. The summed E-state index contributed by atoms with van der Waals surface area (Å²) in [5, 5.41) is 19.9. The summed E-state index contributed by atoms with van der Waals surface area (Å²) in [7, 11) is 0. The van der Waals surface area contributed by atoms with E-state index in [1.54, 1.807) is 19.1 Å². The van der Waals surface area contributed by atoms with Crippen molar-refractivity contribution in [2.24, 2.45) is 0 Å². The number of rotatable bonds is 3. The molecule has 0 aliphatic heterocycles. The van der Waals surface area contributed by atoms with Crippen LogP contribution < -0.4 is 4.74 Å². The summed E-state index contributed by atoms with van der Waals surface area (Å²) in [6.45, 7) is 1.75. The minimum atomic E-state index is -0.523. The SMILES string of the molecule is Cc1ccc(Oc2cccnc2C#N)c([N+](=O)[O-])c1. The van der Waals surface area contributed by atoms with Gasteiger partial charge in [0.1, 0.15) is 6.07 Å². The number of hydrogen-bond donors (Lipinski definition) is 0. The molecule has 6 heteroatoms. The second kappa shape index (κ2) is 5.14. The van der Waals surface area contributed by atoms with Gasteiger partial charge in [-0.15, -0.1) is 0 Å². The third-order valence-corrected chi connectivity index (χ3v) is 2.41. The minimum Gasteiger partial charge on any atom is -0.447 e. The molecule has 0 aliphatic carbocycles. The van der Waals surface area contributed by atoms with Crippen LogP contribution in [-0.2, 0) is 0 Å². The van der Waals surface area contributed by atoms with Gasteiger partial charge in [-0.05, 0) is 30.7 Å². The first kappa shape index (κ1) is 12.5. The molecule has 19 heavy (non-hydrogen) atoms. The van der Waals surface area contributed by atoms with Crippen molar-refractivity contribution >= 4 is 5.69 Å². The lowest BCUT2D eigenvalue weighted by Gasteiger charge is -2.07. The van der Waals surface area contributed by atoms with Gasteiger partial charge in [-0.3, -0.25) is 10.1 Å². The second-order valence-corrected chi connectivity index (χ2v) is 3.79. The molecule has 1 heterocycles. The molecule has 1 aromatic carbocycles. The van der Waals surface area contributed by atoms with Crippen LogP contribution in [0.5, 0.6) is 11.5 Å². The average Bonchev–Trinajstić information content (AvgIpc) is 2.41. The summed E-state index contributed by atoms with van der Waals surface area (Å²) in [6, 6.07) is 9.62. The van der Waals surface area contributed by atoms with Crippen LogP contribution in [0, 0.1) is 28.4 Å². The molecule has 0 bridgehead atoms. The Morgan fingerprint density at radius 2 is 2.16 bits per heavy atom. The molecule has 0 fully saturated rings. The van der Waals surface area contributed by atoms with Crippen LogP contribution in [0.2, 0.25) is 0 Å². The lowest BCUT2D eigenvalue weighted by atomic mass is 10.2. The number of nitro groups is 1. The van der Waals surface area contributed by atoms with Gasteiger partial charge in [-0.25, -0.2) is 4.98 Å². The maximum atomic E-state index is 11.0. The predicted molar refractivity (Wildman–Crippen MR) is 66.9 cm³/mol. The molecule has 0 unspecified atom stereocenters. The summed E-state index contributed by atoms with van der Waals surface area (Å²) in [5.41, 5.74) is 0.691. The Labute approximate surface area is 109 Å². The maximum absolute atomic E-state index is 11.0. The number of nitro benzene ring substituents is 1. The number of nitriles is 1. The summed E-state index contributed by atoms with van der Waals surface area (Å²) >= 11 is 0. The van der Waals surface area contributed by atoms with E-state index in [1.807, 2.05) is 6.07 Å². The van der Waals surface area contributed by atoms with Crippen LogP contribution >= 0.6 is 0 Å². The van der Waals surface area contributed by atoms with Gasteiger partial charge in [0, 0.05) is 12.3 Å². The molecule has 0 saturated heterocycles. The zero-order valence-electron chi connectivity index (χ0n) is 10.0. The average molecular weight is 255 g/mol. The van der Waals surface area contributed by atoms with Crippen LogP contribution in [0.1, 0.15) is 11.3 Å². The first-order valence-corrected chi connectivity index (χ1v) is 5.40. The number of ether oxygens (including phenoxy) is 1. The van der Waals surface area contributed by atoms with Gasteiger partial charge < -0.3 is 4.74 Å². The highest BCUT2D eigenvalue weighted by atomic mass is 16.6. The molecular weight excluding hydrogens is 246 g/mol. The number of hydrogen-bond acceptors (Lipinski definition) is 5. The maximum Gasteiger partial charge on any atom is 0.311 e. The van der Waals surface area contributed by atoms with Crippen LogP contribution in [0.25, 0.3) is 0 Å². The zero-order valence-corrected chi connectivity index (χ0v) is 10.0. The Morgan fingerprint density at radius 3 is 2.84 bits per heavy atom. The van der Waals surface area contributed by atoms with E-state index in [-0.39, 0.29) is 22.9 Å². The Morgan fingerprint density at radius 1 is 1.37 bits per heavy atom. The van der Waals surface area contributed by atoms with E-state index in [4.69, 9.17) is 10.00 Å². The van der Waals surface area contributed by atoms with E-state index in [2.05, 4.69) is 4.98 Å². The van der Waals surface area contributed by atoms with Crippen molar-refractivity contribution < 1.29 is 9.66 Å². The molecule has 6 nitrogen and oxygen atoms in total. The third-order valence-electron chi connectivity index (χ3n) is 2.41. The molecule has 0 spiro atoms. The van der Waals surface area contributed by atoms with Crippen LogP contribution in [0.3, 0.4) is 0 Å². The zero-order chi connectivity index (χ0) is 13.8. The van der Waals surface area contributed by atoms with E-state index in [0.717, 1.165) is 5.56 Å². The molecule has 0 aliphatic rings. The fraction of sp³-hybridized carbons (Fsp3) is 0.0769. The topological polar surface area (TPSA) is 89.0 Å². The van der Waals surface area contributed by atoms with Gasteiger partial charge in [0.2, 0.25) is 5.75 Å². The smallest absolute Gasteiger partial charge is 0.311 e. The van der Waals surface area contributed by atoms with Crippen molar-refractivity contribution in [2.75, 3.05) is 0 Å². The van der Waals surface area contributed by atoms with Gasteiger partial charge >= 0.3 is 5.69 Å². The Bertz CT molecular complexity index is 677. The van der Waals surface area contributed by atoms with Crippen LogP contribution in [0.15, 0.2) is 36.5 Å². The Kier molecular flexibility index (Phi) is 3.39. The minimum absolute atomic E-state index is 0.0809. The van der Waals surface area contributed by atoms with E-state index < -0.39 is 4.92 Å². The molecule has 0 N–H and O–H groups in total. The fourth-order valence-corrected chi connectivity index (χ4v) is 1.53. The molecule has 1 aromatic heterocycles. The van der Waals surface area contributed by atoms with Gasteiger partial charge in [-0.2, -0.15) is 5.26 Å². The molecule has 0 saturated carbocycles. The summed E-state index contributed by atoms with van der Waals surface area (Å²) in [5.74, 6) is 0.275. The van der Waals surface area contributed by atoms with Gasteiger partial charge in [-0.1, -0.05) is 6.07 Å². The Balaban J connectivity index is 2.44. The molecule has 0 atom stereocenters. The van der Waals surface area contributed by atoms with Crippen LogP contribution in [-0.4, -0.2) is 9.91 Å². The number of aromatic nitrogens is 1. The number of benzene rings is 1. The van der Waals surface area contributed by atoms with Gasteiger partial charge in [0.25, 0.3) is 0 Å². The van der Waals surface area contributed by atoms with Crippen molar-refractivity contribution in [3.8, 4) is 17.6 Å². The largest absolute Gasteiger partial charge is 0.447 e. The molecular formula is C13H9N3O3. The number of aryl methyl sites for hydroxylation is 1. The molecule has 2 rings (SSSR count). The van der Waals surface area contributed by atoms with E-state index in [1.165, 1.54) is 24.4 Å². The van der Waals surface area contributed by atoms with Crippen molar-refractivity contribution in [1.29, 1.82) is 5.26 Å². The predicted octanol–water partition coefficient (Wildman–Crippen LogP) is 2.96.